The van der Waals surface area contributed by atoms with E-state index in [1.54, 1.807) is 70.2 Å². The molecule has 3 amide bonds. The van der Waals surface area contributed by atoms with Gasteiger partial charge in [0.25, 0.3) is 0 Å². The molecule has 3 aliphatic rings. The fraction of sp³-hybridized carbons (Fsp3) is 0.341. The van der Waals surface area contributed by atoms with Gasteiger partial charge in [-0.1, -0.05) is 45.0 Å². The molecule has 2 aliphatic heterocycles. The molecule has 12 heterocycles. The SMILES string of the molecule is CC(CC(N)=O)Cc1cc(C(F)(F)F)nc(-c2ccccn2)n1.CCc1cc(N2CC(Cc3cc(OC)cc(OC)c3)C2)nc(-c2ccncc2)n1.CCc1cc(NNC(=O)C2CC2)nc(-c2ccccn2)n1.Cc1nc(-c2ccccn2)nc(NC(C)CO)c1C.O=C1NCCCC1Nc1cc(C(F)(F)F)nc(-c2ccccn2)n1. The minimum absolute atomic E-state index is 0.0195. The maximum absolute atomic E-state index is 13.1. The number of amides is 3. The number of benzene rings is 1. The van der Waals surface area contributed by atoms with E-state index in [-0.39, 0.29) is 83.7 Å². The zero-order valence-corrected chi connectivity index (χ0v) is 65.2. The van der Waals surface area contributed by atoms with Crippen LogP contribution >= 0.6 is 0 Å². The first kappa shape index (κ1) is 85.5. The van der Waals surface area contributed by atoms with Crippen LogP contribution in [0, 0.1) is 31.6 Å². The lowest BCUT2D eigenvalue weighted by atomic mass is 9.92. The number of carbonyl (C=O) groups is 3. The molecule has 3 atom stereocenters. The normalized spacial score (nSPS) is 14.2. The summed E-state index contributed by atoms with van der Waals surface area (Å²) in [5.74, 6) is 5.38. The molecular weight excluding hydrogens is 1500 g/mol. The lowest BCUT2D eigenvalue weighted by molar-refractivity contribution is -0.142. The number of anilines is 4. The molecule has 0 spiro atoms. The molecule has 8 N–H and O–H groups in total. The number of ether oxygens (including phenoxy) is 2. The number of nitrogens with two attached hydrogens (primary N) is 1. The Morgan fingerprint density at radius 2 is 1.14 bits per heavy atom. The van der Waals surface area contributed by atoms with Crippen molar-refractivity contribution in [1.29, 1.82) is 0 Å². The third-order valence-corrected chi connectivity index (χ3v) is 18.1. The second-order valence-electron chi connectivity index (χ2n) is 27.5. The van der Waals surface area contributed by atoms with Gasteiger partial charge in [-0.15, -0.1) is 0 Å². The number of nitrogens with one attached hydrogen (secondary N) is 5. The number of hydrogen-bond donors (Lipinski definition) is 7. The molecule has 0 bridgehead atoms. The smallest absolute Gasteiger partial charge is 0.433 e. The van der Waals surface area contributed by atoms with E-state index in [9.17, 15) is 40.7 Å². The van der Waals surface area contributed by atoms with Crippen LogP contribution in [0.25, 0.3) is 57.5 Å². The number of hydrazine groups is 1. The van der Waals surface area contributed by atoms with Crippen LogP contribution in [0.4, 0.5) is 49.6 Å². The molecule has 34 heteroatoms. The van der Waals surface area contributed by atoms with Gasteiger partial charge >= 0.3 is 12.4 Å². The summed E-state index contributed by atoms with van der Waals surface area (Å²) in [6, 6.07) is 35.8. The van der Waals surface area contributed by atoms with Crippen LogP contribution in [-0.2, 0) is 52.4 Å². The molecule has 1 aliphatic carbocycles. The van der Waals surface area contributed by atoms with Crippen molar-refractivity contribution >= 4 is 41.0 Å². The van der Waals surface area contributed by atoms with E-state index >= 15 is 0 Å². The number of nitrogens with zero attached hydrogens (tertiary/aromatic N) is 16. The second kappa shape index (κ2) is 40.7. The van der Waals surface area contributed by atoms with Crippen molar-refractivity contribution in [3.05, 3.63) is 210 Å². The number of aromatic nitrogens is 15. The molecule has 0 radical (unpaired) electrons. The number of aliphatic hydroxyl groups is 1. The molecule has 28 nitrogen and oxygen atoms in total. The van der Waals surface area contributed by atoms with Crippen LogP contribution in [0.15, 0.2) is 165 Å². The third-order valence-electron chi connectivity index (χ3n) is 18.1. The quantitative estimate of drug-likeness (QED) is 0.0218. The summed E-state index contributed by atoms with van der Waals surface area (Å²) >= 11 is 0. The highest BCUT2D eigenvalue weighted by Crippen LogP contribution is 2.35. The zero-order chi connectivity index (χ0) is 82.9. The van der Waals surface area contributed by atoms with E-state index in [4.69, 9.17) is 30.3 Å². The Bertz CT molecular complexity index is 5020. The van der Waals surface area contributed by atoms with Gasteiger partial charge in [-0.05, 0) is 168 Å². The number of pyridine rings is 5. The summed E-state index contributed by atoms with van der Waals surface area (Å²) in [7, 11) is 3.37. The summed E-state index contributed by atoms with van der Waals surface area (Å²) < 4.78 is 89.2. The van der Waals surface area contributed by atoms with Crippen molar-refractivity contribution in [2.75, 3.05) is 61.4 Å². The first-order chi connectivity index (χ1) is 55.7. The number of aryl methyl sites for hydroxylation is 3. The fourth-order valence-corrected chi connectivity index (χ4v) is 11.7. The number of hydrogen-bond acceptors (Lipinski definition) is 25. The summed E-state index contributed by atoms with van der Waals surface area (Å²) in [4.78, 5) is 99.9. The van der Waals surface area contributed by atoms with Gasteiger partial charge in [0.1, 0.15) is 69.3 Å². The molecule has 10 aromatic heterocycles. The molecule has 2 saturated heterocycles. The minimum Gasteiger partial charge on any atom is -0.497 e. The number of alkyl halides is 6. The highest BCUT2D eigenvalue weighted by molar-refractivity contribution is 5.85. The van der Waals surface area contributed by atoms with E-state index in [2.05, 4.69) is 122 Å². The molecule has 3 unspecified atom stereocenters. The number of halogens is 6. The van der Waals surface area contributed by atoms with Gasteiger partial charge in [0.05, 0.1) is 20.8 Å². The van der Waals surface area contributed by atoms with Crippen LogP contribution in [0.3, 0.4) is 0 Å². The maximum atomic E-state index is 13.1. The Balaban J connectivity index is 0.000000154. The van der Waals surface area contributed by atoms with Gasteiger partial charge in [-0.25, -0.2) is 49.8 Å². The van der Waals surface area contributed by atoms with Gasteiger partial charge < -0.3 is 41.2 Å². The summed E-state index contributed by atoms with van der Waals surface area (Å²) in [6.07, 6.45) is 6.79. The number of rotatable bonds is 24. The van der Waals surface area contributed by atoms with Gasteiger partial charge in [-0.3, -0.25) is 50.2 Å². The monoisotopic (exact) mass is 1590 g/mol. The molecule has 116 heavy (non-hydrogen) atoms. The number of primary amides is 1. The Labute approximate surface area is 666 Å². The van der Waals surface area contributed by atoms with E-state index in [1.165, 1.54) is 30.1 Å². The predicted octanol–water partition coefficient (Wildman–Crippen LogP) is 12.6. The van der Waals surface area contributed by atoms with Crippen LogP contribution in [0.1, 0.15) is 105 Å². The molecule has 1 aromatic carbocycles. The average Bonchev–Trinajstić information content (AvgIpc) is 1.13. The van der Waals surface area contributed by atoms with Crippen molar-refractivity contribution < 1.29 is 55.3 Å². The molecule has 14 rings (SSSR count). The standard InChI is InChI=1S/C23H26N4O2.C15H14F3N5O.C15H15F3N4O.C15H17N5O.C14H18N4O/c1-4-19-12-22(26-23(25-19)18-5-7-24-8-6-18)27-14-17(15-27)9-16-10-20(28-2)13-21(11-16)29-3;16-15(17,18)11-8-12(21-10-5-3-7-20-14(10)24)23-13(22-11)9-4-1-2-6-19-9;1-9(7-13(19)23)6-10-8-12(15(16,17)18)22-14(21-10)11-4-2-3-5-20-11;1-2-11-9-13(19-20-15(21)10-6-7-10)18-14(17-11)12-5-3-4-8-16-12;1-9(8-19)16-13-10(2)11(3)17-14(18-13)12-6-4-5-7-15-12/h5-8,10-13,17H,4,9,14-15H2,1-3H3;1-2,4,6,8,10H,3,5,7H2,(H,20,24)(H,21,22,23);2-5,8-9H,6-7H2,1H3,(H2,19,23);3-5,8-10H,2,6-7H2,1H3,(H,20,21)(H,17,18,19);4-7,9,19H,8H2,1-3H3,(H,16,17,18). The fourth-order valence-electron chi connectivity index (χ4n) is 11.7. The molecular formula is C82H90F6N22O6. The average molecular weight is 1590 g/mol. The van der Waals surface area contributed by atoms with Crippen molar-refractivity contribution in [3.8, 4) is 69.0 Å². The zero-order valence-electron chi connectivity index (χ0n) is 65.2. The minimum atomic E-state index is -4.63. The van der Waals surface area contributed by atoms with Crippen LogP contribution in [-0.4, -0.2) is 150 Å². The number of aliphatic hydroxyl groups excluding tert-OH is 1. The Morgan fingerprint density at radius 1 is 0.612 bits per heavy atom. The summed E-state index contributed by atoms with van der Waals surface area (Å²) in [5, 5.41) is 17.7. The highest BCUT2D eigenvalue weighted by Gasteiger charge is 2.37. The van der Waals surface area contributed by atoms with E-state index < -0.39 is 35.7 Å². The second-order valence-corrected chi connectivity index (χ2v) is 27.5. The number of methoxy groups -OCH3 is 2. The maximum Gasteiger partial charge on any atom is 0.433 e. The molecule has 11 aromatic rings. The van der Waals surface area contributed by atoms with E-state index in [0.717, 1.165) is 127 Å². The first-order valence-electron chi connectivity index (χ1n) is 37.6. The van der Waals surface area contributed by atoms with Crippen molar-refractivity contribution in [1.82, 2.24) is 85.5 Å². The van der Waals surface area contributed by atoms with E-state index in [0.29, 0.717) is 42.0 Å². The van der Waals surface area contributed by atoms with Crippen molar-refractivity contribution in [2.24, 2.45) is 23.5 Å². The molecule has 1 saturated carbocycles. The first-order valence-corrected chi connectivity index (χ1v) is 37.6. The highest BCUT2D eigenvalue weighted by atomic mass is 19.4. The number of carbonyl (C=O) groups excluding carboxylic acids is 3. The molecule has 3 fully saturated rings. The Hall–Kier alpha value is -12.9. The van der Waals surface area contributed by atoms with Gasteiger partial charge in [0.2, 0.25) is 17.7 Å². The molecule has 606 valence electrons. The van der Waals surface area contributed by atoms with Gasteiger partial charge in [0, 0.05) is 133 Å². The largest absolute Gasteiger partial charge is 0.497 e. The third kappa shape index (κ3) is 25.3. The summed E-state index contributed by atoms with van der Waals surface area (Å²) in [6.45, 7) is 14.3. The van der Waals surface area contributed by atoms with Crippen molar-refractivity contribution in [2.45, 2.75) is 124 Å². The van der Waals surface area contributed by atoms with Crippen LogP contribution in [0.5, 0.6) is 11.5 Å². The lowest BCUT2D eigenvalue weighted by Crippen LogP contribution is -2.48. The predicted molar refractivity (Wildman–Crippen MR) is 424 cm³/mol. The Kier molecular flexibility index (Phi) is 30.0. The summed E-state index contributed by atoms with van der Waals surface area (Å²) in [5.41, 5.74) is 16.8. The van der Waals surface area contributed by atoms with Crippen LogP contribution in [0.2, 0.25) is 0 Å². The van der Waals surface area contributed by atoms with Crippen LogP contribution < -0.4 is 46.9 Å². The topological polar surface area (TPSA) is 373 Å². The number of piperidine rings is 1. The lowest BCUT2D eigenvalue weighted by Gasteiger charge is -2.40. The van der Waals surface area contributed by atoms with Gasteiger partial charge in [-0.2, -0.15) is 26.3 Å². The van der Waals surface area contributed by atoms with E-state index in [1.807, 2.05) is 88.4 Å². The van der Waals surface area contributed by atoms with Gasteiger partial charge in [0.15, 0.2) is 34.8 Å². The van der Waals surface area contributed by atoms with Crippen molar-refractivity contribution in [3.63, 3.8) is 0 Å². The Morgan fingerprint density at radius 3 is 1.66 bits per heavy atom.